The number of likely N-dealkylation sites (N-methyl/N-ethyl adjacent to an activating group) is 1. The van der Waals surface area contributed by atoms with Gasteiger partial charge >= 0.3 is 0 Å². The van der Waals surface area contributed by atoms with E-state index in [2.05, 4.69) is 28.3 Å². The molecular formula is C14H17N3. The normalized spacial score (nSPS) is 12.4. The lowest BCUT2D eigenvalue weighted by atomic mass is 10.1. The fraction of sp³-hybridized carbons (Fsp3) is 0.286. The molecule has 0 aliphatic rings. The molecule has 17 heavy (non-hydrogen) atoms. The van der Waals surface area contributed by atoms with Crippen LogP contribution in [0.2, 0.25) is 0 Å². The van der Waals surface area contributed by atoms with Crippen LogP contribution in [0.4, 0.5) is 0 Å². The highest BCUT2D eigenvalue weighted by atomic mass is 14.9. The van der Waals surface area contributed by atoms with Crippen molar-refractivity contribution in [1.29, 1.82) is 0 Å². The van der Waals surface area contributed by atoms with Gasteiger partial charge in [-0.15, -0.1) is 0 Å². The summed E-state index contributed by atoms with van der Waals surface area (Å²) in [5.41, 5.74) is 3.38. The Morgan fingerprint density at radius 2 is 2.06 bits per heavy atom. The third-order valence-electron chi connectivity index (χ3n) is 2.78. The average Bonchev–Trinajstić information content (AvgIpc) is 2.37. The predicted molar refractivity (Wildman–Crippen MR) is 68.7 cm³/mol. The average molecular weight is 227 g/mol. The van der Waals surface area contributed by atoms with E-state index in [-0.39, 0.29) is 6.04 Å². The highest BCUT2D eigenvalue weighted by Gasteiger charge is 2.11. The summed E-state index contributed by atoms with van der Waals surface area (Å²) in [6, 6.07) is 10.3. The standard InChI is InChI=1S/C14H17N3/c1-11-6-8-17-14(9-11)13(15-2)10-12-5-3-4-7-16-12/h3-9,13,15H,10H2,1-2H3. The molecule has 0 spiro atoms. The van der Waals surface area contributed by atoms with Gasteiger partial charge in [0.1, 0.15) is 0 Å². The van der Waals surface area contributed by atoms with Crippen LogP contribution in [-0.4, -0.2) is 17.0 Å². The summed E-state index contributed by atoms with van der Waals surface area (Å²) in [5, 5.41) is 3.29. The van der Waals surface area contributed by atoms with Gasteiger partial charge < -0.3 is 5.32 Å². The Hall–Kier alpha value is -1.74. The minimum Gasteiger partial charge on any atom is -0.311 e. The third-order valence-corrected chi connectivity index (χ3v) is 2.78. The van der Waals surface area contributed by atoms with Crippen molar-refractivity contribution in [1.82, 2.24) is 15.3 Å². The Morgan fingerprint density at radius 3 is 2.71 bits per heavy atom. The maximum atomic E-state index is 4.42. The fourth-order valence-electron chi connectivity index (χ4n) is 1.83. The molecule has 0 amide bonds. The summed E-state index contributed by atoms with van der Waals surface area (Å²) in [7, 11) is 1.96. The van der Waals surface area contributed by atoms with Crippen molar-refractivity contribution in [3.05, 3.63) is 59.7 Å². The predicted octanol–water partition coefficient (Wildman–Crippen LogP) is 2.29. The molecular weight excluding hydrogens is 210 g/mol. The van der Waals surface area contributed by atoms with Gasteiger partial charge in [-0.2, -0.15) is 0 Å². The van der Waals surface area contributed by atoms with Gasteiger partial charge in [0.15, 0.2) is 0 Å². The molecule has 0 saturated carbocycles. The van der Waals surface area contributed by atoms with Gasteiger partial charge in [-0.25, -0.2) is 0 Å². The number of hydrogen-bond acceptors (Lipinski definition) is 3. The van der Waals surface area contributed by atoms with Crippen LogP contribution >= 0.6 is 0 Å². The van der Waals surface area contributed by atoms with Gasteiger partial charge in [0.25, 0.3) is 0 Å². The summed E-state index contributed by atoms with van der Waals surface area (Å²) in [6.07, 6.45) is 4.53. The first kappa shape index (κ1) is 11.7. The Labute approximate surface area is 102 Å². The summed E-state index contributed by atoms with van der Waals surface area (Å²) >= 11 is 0. The quantitative estimate of drug-likeness (QED) is 0.870. The molecule has 0 aliphatic heterocycles. The monoisotopic (exact) mass is 227 g/mol. The van der Waals surface area contributed by atoms with Crippen LogP contribution in [0.5, 0.6) is 0 Å². The zero-order valence-electron chi connectivity index (χ0n) is 10.2. The van der Waals surface area contributed by atoms with Crippen molar-refractivity contribution in [2.24, 2.45) is 0 Å². The van der Waals surface area contributed by atoms with E-state index in [1.807, 2.05) is 43.7 Å². The molecule has 2 aromatic rings. The zero-order valence-corrected chi connectivity index (χ0v) is 10.2. The molecule has 2 heterocycles. The molecule has 1 N–H and O–H groups in total. The number of aromatic nitrogens is 2. The van der Waals surface area contributed by atoms with Gasteiger partial charge in [-0.05, 0) is 43.8 Å². The molecule has 1 atom stereocenters. The van der Waals surface area contributed by atoms with Crippen LogP contribution in [0.1, 0.15) is 23.0 Å². The van der Waals surface area contributed by atoms with E-state index in [1.54, 1.807) is 0 Å². The van der Waals surface area contributed by atoms with Gasteiger partial charge in [-0.1, -0.05) is 6.07 Å². The van der Waals surface area contributed by atoms with Crippen LogP contribution in [0.15, 0.2) is 42.7 Å². The number of nitrogens with zero attached hydrogens (tertiary/aromatic N) is 2. The topological polar surface area (TPSA) is 37.8 Å². The molecule has 0 aliphatic carbocycles. The van der Waals surface area contributed by atoms with Crippen LogP contribution in [0.25, 0.3) is 0 Å². The smallest absolute Gasteiger partial charge is 0.0579 e. The summed E-state index contributed by atoms with van der Waals surface area (Å²) in [6.45, 7) is 2.08. The first-order valence-electron chi connectivity index (χ1n) is 5.79. The second kappa shape index (κ2) is 5.55. The summed E-state index contributed by atoms with van der Waals surface area (Å²) < 4.78 is 0. The summed E-state index contributed by atoms with van der Waals surface area (Å²) in [5.74, 6) is 0. The van der Waals surface area contributed by atoms with E-state index in [4.69, 9.17) is 0 Å². The molecule has 0 aromatic carbocycles. The van der Waals surface area contributed by atoms with E-state index < -0.39 is 0 Å². The van der Waals surface area contributed by atoms with Crippen LogP contribution in [0.3, 0.4) is 0 Å². The Kier molecular flexibility index (Phi) is 3.83. The van der Waals surface area contributed by atoms with Gasteiger partial charge in [0.05, 0.1) is 11.7 Å². The second-order valence-electron chi connectivity index (χ2n) is 4.12. The number of pyridine rings is 2. The highest BCUT2D eigenvalue weighted by Crippen LogP contribution is 2.15. The molecule has 0 saturated heterocycles. The van der Waals surface area contributed by atoms with Crippen molar-refractivity contribution in [3.8, 4) is 0 Å². The van der Waals surface area contributed by atoms with Crippen molar-refractivity contribution < 1.29 is 0 Å². The lowest BCUT2D eigenvalue weighted by Crippen LogP contribution is -2.20. The lowest BCUT2D eigenvalue weighted by molar-refractivity contribution is 0.568. The summed E-state index contributed by atoms with van der Waals surface area (Å²) in [4.78, 5) is 8.76. The molecule has 0 radical (unpaired) electrons. The Morgan fingerprint density at radius 1 is 1.18 bits per heavy atom. The molecule has 2 rings (SSSR count). The van der Waals surface area contributed by atoms with Gasteiger partial charge in [0.2, 0.25) is 0 Å². The molecule has 2 aromatic heterocycles. The van der Waals surface area contributed by atoms with Crippen molar-refractivity contribution in [2.45, 2.75) is 19.4 Å². The molecule has 3 nitrogen and oxygen atoms in total. The Balaban J connectivity index is 2.17. The highest BCUT2D eigenvalue weighted by molar-refractivity contribution is 5.19. The molecule has 3 heteroatoms. The first-order valence-corrected chi connectivity index (χ1v) is 5.79. The molecule has 0 bridgehead atoms. The number of hydrogen-bond donors (Lipinski definition) is 1. The number of nitrogens with one attached hydrogen (secondary N) is 1. The number of rotatable bonds is 4. The van der Waals surface area contributed by atoms with E-state index in [9.17, 15) is 0 Å². The Bertz CT molecular complexity index is 468. The van der Waals surface area contributed by atoms with E-state index in [1.165, 1.54) is 5.56 Å². The van der Waals surface area contributed by atoms with E-state index in [0.717, 1.165) is 17.8 Å². The molecule has 0 fully saturated rings. The van der Waals surface area contributed by atoms with Gasteiger partial charge in [-0.3, -0.25) is 9.97 Å². The van der Waals surface area contributed by atoms with E-state index in [0.29, 0.717) is 0 Å². The van der Waals surface area contributed by atoms with Crippen LogP contribution in [-0.2, 0) is 6.42 Å². The van der Waals surface area contributed by atoms with Crippen molar-refractivity contribution in [2.75, 3.05) is 7.05 Å². The van der Waals surface area contributed by atoms with Crippen LogP contribution < -0.4 is 5.32 Å². The maximum Gasteiger partial charge on any atom is 0.0579 e. The minimum atomic E-state index is 0.213. The molecule has 1 unspecified atom stereocenters. The lowest BCUT2D eigenvalue weighted by Gasteiger charge is -2.15. The minimum absolute atomic E-state index is 0.213. The third kappa shape index (κ3) is 3.11. The first-order chi connectivity index (χ1) is 8.29. The molecule has 88 valence electrons. The maximum absolute atomic E-state index is 4.42. The largest absolute Gasteiger partial charge is 0.311 e. The fourth-order valence-corrected chi connectivity index (χ4v) is 1.83. The van der Waals surface area contributed by atoms with E-state index >= 15 is 0 Å². The van der Waals surface area contributed by atoms with Gasteiger partial charge in [0, 0.05) is 24.5 Å². The van der Waals surface area contributed by atoms with Crippen LogP contribution in [0, 0.1) is 6.92 Å². The SMILES string of the molecule is CNC(Cc1ccccn1)c1cc(C)ccn1. The number of aryl methyl sites for hydroxylation is 1. The zero-order chi connectivity index (χ0) is 12.1. The van der Waals surface area contributed by atoms with Crippen molar-refractivity contribution >= 4 is 0 Å². The van der Waals surface area contributed by atoms with Crippen molar-refractivity contribution in [3.63, 3.8) is 0 Å². The second-order valence-corrected chi connectivity index (χ2v) is 4.12.